The van der Waals surface area contributed by atoms with Crippen molar-refractivity contribution in [2.75, 3.05) is 13.7 Å². The molecule has 0 bridgehead atoms. The average molecular weight is 324 g/mol. The summed E-state index contributed by atoms with van der Waals surface area (Å²) >= 11 is 0. The number of ether oxygens (including phenoxy) is 2. The van der Waals surface area contributed by atoms with Crippen molar-refractivity contribution in [2.45, 2.75) is 26.3 Å². The molecule has 1 N–H and O–H groups in total. The third-order valence-corrected chi connectivity index (χ3v) is 3.35. The number of pyridine rings is 1. The van der Waals surface area contributed by atoms with Gasteiger partial charge >= 0.3 is 17.6 Å². The van der Waals surface area contributed by atoms with Crippen molar-refractivity contribution < 1.29 is 28.6 Å². The van der Waals surface area contributed by atoms with Gasteiger partial charge in [0, 0.05) is 12.1 Å². The summed E-state index contributed by atoms with van der Waals surface area (Å²) in [5.74, 6) is -2.28. The first-order chi connectivity index (χ1) is 10.9. The normalized spacial score (nSPS) is 12.8. The lowest BCUT2D eigenvalue weighted by atomic mass is 9.99. The Balaban J connectivity index is 2.60. The van der Waals surface area contributed by atoms with Gasteiger partial charge in [-0.3, -0.25) is 4.79 Å². The van der Waals surface area contributed by atoms with Gasteiger partial charge in [0.15, 0.2) is 12.8 Å². The summed E-state index contributed by atoms with van der Waals surface area (Å²) in [6.07, 6.45) is 1.80. The molecule has 0 aliphatic rings. The van der Waals surface area contributed by atoms with E-state index in [9.17, 15) is 19.6 Å². The fraction of sp³-hybridized carbons (Fsp3) is 0.467. The highest BCUT2D eigenvalue weighted by molar-refractivity contribution is 5.89. The van der Waals surface area contributed by atoms with Gasteiger partial charge in [-0.05, 0) is 12.0 Å². The van der Waals surface area contributed by atoms with E-state index in [-0.39, 0.29) is 11.6 Å². The second kappa shape index (κ2) is 8.72. The van der Waals surface area contributed by atoms with Crippen LogP contribution in [0.2, 0.25) is 0 Å². The highest BCUT2D eigenvalue weighted by Crippen LogP contribution is 2.09. The Kier molecular flexibility index (Phi) is 6.98. The maximum absolute atomic E-state index is 11.8. The standard InChI is InChI=1S/C15H20N2O6/c1-4-10(2)13(15(20)22-3)16-12(18)9-23-14(19)11-7-5-6-8-17(11)21/h5-8,10,13H,4,9H2,1-3H3,(H,16,18)/t10-,13-/m0/s1. The number of amides is 1. The molecule has 1 aromatic heterocycles. The van der Waals surface area contributed by atoms with E-state index in [2.05, 4.69) is 10.1 Å². The number of nitrogens with one attached hydrogen (secondary N) is 1. The zero-order valence-electron chi connectivity index (χ0n) is 13.3. The van der Waals surface area contributed by atoms with Crippen LogP contribution in [0.1, 0.15) is 30.8 Å². The topological polar surface area (TPSA) is 109 Å². The summed E-state index contributed by atoms with van der Waals surface area (Å²) in [6.45, 7) is 3.06. The van der Waals surface area contributed by atoms with E-state index in [4.69, 9.17) is 4.74 Å². The molecule has 1 aromatic rings. The van der Waals surface area contributed by atoms with Crippen molar-refractivity contribution in [3.05, 3.63) is 35.3 Å². The second-order valence-electron chi connectivity index (χ2n) is 4.94. The monoisotopic (exact) mass is 324 g/mol. The number of hydrogen-bond donors (Lipinski definition) is 1. The molecule has 0 aromatic carbocycles. The summed E-state index contributed by atoms with van der Waals surface area (Å²) in [6, 6.07) is 3.42. The fourth-order valence-corrected chi connectivity index (χ4v) is 1.80. The molecule has 2 atom stereocenters. The minimum Gasteiger partial charge on any atom is -0.618 e. The Morgan fingerprint density at radius 2 is 2.04 bits per heavy atom. The highest BCUT2D eigenvalue weighted by atomic mass is 16.5. The molecule has 1 heterocycles. The van der Waals surface area contributed by atoms with E-state index in [1.165, 1.54) is 25.3 Å². The van der Waals surface area contributed by atoms with Crippen LogP contribution >= 0.6 is 0 Å². The van der Waals surface area contributed by atoms with E-state index in [0.29, 0.717) is 11.2 Å². The molecule has 23 heavy (non-hydrogen) atoms. The fourth-order valence-electron chi connectivity index (χ4n) is 1.80. The molecule has 0 aliphatic heterocycles. The van der Waals surface area contributed by atoms with Crippen molar-refractivity contribution >= 4 is 17.8 Å². The Hall–Kier alpha value is -2.64. The van der Waals surface area contributed by atoms with Crippen LogP contribution in [-0.4, -0.2) is 37.6 Å². The molecule has 8 nitrogen and oxygen atoms in total. The summed E-state index contributed by atoms with van der Waals surface area (Å²) in [4.78, 5) is 35.2. The molecule has 0 unspecified atom stereocenters. The summed E-state index contributed by atoms with van der Waals surface area (Å²) < 4.78 is 9.76. The molecule has 126 valence electrons. The molecule has 1 amide bonds. The van der Waals surface area contributed by atoms with Crippen molar-refractivity contribution in [1.29, 1.82) is 0 Å². The van der Waals surface area contributed by atoms with E-state index in [1.54, 1.807) is 6.92 Å². The molecular weight excluding hydrogens is 304 g/mol. The number of esters is 2. The van der Waals surface area contributed by atoms with Crippen LogP contribution in [0.5, 0.6) is 0 Å². The Morgan fingerprint density at radius 3 is 2.61 bits per heavy atom. The predicted octanol–water partition coefficient (Wildman–Crippen LogP) is 0.181. The highest BCUT2D eigenvalue weighted by Gasteiger charge is 2.27. The largest absolute Gasteiger partial charge is 0.618 e. The smallest absolute Gasteiger partial charge is 0.405 e. The first-order valence-corrected chi connectivity index (χ1v) is 7.13. The summed E-state index contributed by atoms with van der Waals surface area (Å²) in [5, 5.41) is 13.9. The van der Waals surface area contributed by atoms with Gasteiger partial charge in [0.25, 0.3) is 5.91 Å². The minimum absolute atomic E-state index is 0.139. The van der Waals surface area contributed by atoms with Crippen molar-refractivity contribution in [2.24, 2.45) is 5.92 Å². The molecular formula is C15H20N2O6. The molecule has 0 saturated carbocycles. The molecule has 0 saturated heterocycles. The van der Waals surface area contributed by atoms with E-state index >= 15 is 0 Å². The van der Waals surface area contributed by atoms with Crippen LogP contribution in [0.25, 0.3) is 0 Å². The zero-order valence-corrected chi connectivity index (χ0v) is 13.3. The molecule has 0 spiro atoms. The number of carbonyl (C=O) groups excluding carboxylic acids is 3. The van der Waals surface area contributed by atoms with Crippen LogP contribution in [-0.2, 0) is 19.1 Å². The van der Waals surface area contributed by atoms with Gasteiger partial charge in [-0.25, -0.2) is 9.59 Å². The molecule has 0 radical (unpaired) electrons. The van der Waals surface area contributed by atoms with E-state index in [0.717, 1.165) is 6.20 Å². The number of rotatable bonds is 7. The number of carbonyl (C=O) groups is 3. The SMILES string of the molecule is CC[C@H](C)[C@H](NC(=O)COC(=O)c1cccc[n+]1[O-])C(=O)OC. The summed E-state index contributed by atoms with van der Waals surface area (Å²) in [5.41, 5.74) is -0.230. The number of hydrogen-bond acceptors (Lipinski definition) is 6. The van der Waals surface area contributed by atoms with Gasteiger partial charge in [-0.2, -0.15) is 4.73 Å². The first kappa shape index (κ1) is 18.4. The van der Waals surface area contributed by atoms with Crippen molar-refractivity contribution in [3.63, 3.8) is 0 Å². The van der Waals surface area contributed by atoms with Crippen LogP contribution in [0.15, 0.2) is 24.4 Å². The van der Waals surface area contributed by atoms with Crippen LogP contribution in [0.3, 0.4) is 0 Å². The first-order valence-electron chi connectivity index (χ1n) is 7.13. The van der Waals surface area contributed by atoms with Gasteiger partial charge in [-0.1, -0.05) is 20.3 Å². The molecule has 8 heteroatoms. The van der Waals surface area contributed by atoms with E-state index < -0.39 is 30.5 Å². The number of methoxy groups -OCH3 is 1. The predicted molar refractivity (Wildman–Crippen MR) is 79.1 cm³/mol. The second-order valence-corrected chi connectivity index (χ2v) is 4.94. The molecule has 0 fully saturated rings. The molecule has 0 aliphatic carbocycles. The zero-order chi connectivity index (χ0) is 17.4. The number of aromatic nitrogens is 1. The third kappa shape index (κ3) is 5.24. The quantitative estimate of drug-likeness (QED) is 0.435. The Labute approximate surface area is 134 Å². The summed E-state index contributed by atoms with van der Waals surface area (Å²) in [7, 11) is 1.23. The van der Waals surface area contributed by atoms with Crippen LogP contribution in [0.4, 0.5) is 0 Å². The lowest BCUT2D eigenvalue weighted by Gasteiger charge is -2.21. The van der Waals surface area contributed by atoms with Gasteiger partial charge in [0.2, 0.25) is 0 Å². The lowest BCUT2D eigenvalue weighted by Crippen LogP contribution is -2.47. The lowest BCUT2D eigenvalue weighted by molar-refractivity contribution is -0.608. The maximum Gasteiger partial charge on any atom is 0.405 e. The van der Waals surface area contributed by atoms with Crippen LogP contribution < -0.4 is 10.0 Å². The third-order valence-electron chi connectivity index (χ3n) is 3.35. The van der Waals surface area contributed by atoms with Gasteiger partial charge in [-0.15, -0.1) is 0 Å². The van der Waals surface area contributed by atoms with Crippen molar-refractivity contribution in [1.82, 2.24) is 5.32 Å². The Morgan fingerprint density at radius 1 is 1.35 bits per heavy atom. The minimum atomic E-state index is -0.922. The van der Waals surface area contributed by atoms with Gasteiger partial charge in [0.1, 0.15) is 6.04 Å². The molecule has 1 rings (SSSR count). The van der Waals surface area contributed by atoms with Crippen LogP contribution in [0, 0.1) is 11.1 Å². The average Bonchev–Trinajstić information content (AvgIpc) is 2.56. The number of nitrogens with zero attached hydrogens (tertiary/aromatic N) is 1. The van der Waals surface area contributed by atoms with Gasteiger partial charge in [0.05, 0.1) is 7.11 Å². The van der Waals surface area contributed by atoms with Gasteiger partial charge < -0.3 is 20.0 Å². The maximum atomic E-state index is 11.8. The Bertz CT molecular complexity index is 575. The van der Waals surface area contributed by atoms with Crippen molar-refractivity contribution in [3.8, 4) is 0 Å². The van der Waals surface area contributed by atoms with E-state index in [1.807, 2.05) is 6.92 Å².